The zero-order chi connectivity index (χ0) is 25.6. The van der Waals surface area contributed by atoms with Gasteiger partial charge in [-0.1, -0.05) is 55.7 Å². The van der Waals surface area contributed by atoms with Crippen molar-refractivity contribution in [2.75, 3.05) is 24.7 Å². The van der Waals surface area contributed by atoms with Gasteiger partial charge in [-0.3, -0.25) is 0 Å². The van der Waals surface area contributed by atoms with E-state index < -0.39 is 11.2 Å². The normalized spacial score (nSPS) is 39.9. The van der Waals surface area contributed by atoms with Gasteiger partial charge in [0.1, 0.15) is 0 Å². The predicted molar refractivity (Wildman–Crippen MR) is 149 cm³/mol. The van der Waals surface area contributed by atoms with Gasteiger partial charge < -0.3 is 20.4 Å². The number of aliphatic hydroxyl groups excluding tert-OH is 2. The fourth-order valence-electron chi connectivity index (χ4n) is 7.26. The Balaban J connectivity index is 1.64. The van der Waals surface area contributed by atoms with Crippen LogP contribution in [0.25, 0.3) is 0 Å². The molecule has 4 aliphatic carbocycles. The molecule has 4 nitrogen and oxygen atoms in total. The van der Waals surface area contributed by atoms with Crippen LogP contribution in [0.15, 0.2) is 34.9 Å². The molecule has 0 saturated heterocycles. The fourth-order valence-corrected chi connectivity index (χ4v) is 10.4. The Morgan fingerprint density at radius 1 is 1.00 bits per heavy atom. The lowest BCUT2D eigenvalue weighted by molar-refractivity contribution is 0.0221. The number of rotatable bonds is 9. The topological polar surface area (TPSA) is 80.9 Å². The standard InChI is InChI=1S/C29H46O4S2/c1-6-19-8-10-23-22-9-7-20-13-21(34-17-26(2,32)15-30)14-25(35-18-27(3,33)16-31)29(20,5)24(22)11-12-28(19,23)4/h7-9,21,23-25,30-33H,6,10-18H2,1-5H3/t21?,23-,24-,25?,26?,27?,28+,29-/m0/s1. The first-order valence-corrected chi connectivity index (χ1v) is 15.5. The van der Waals surface area contributed by atoms with Crippen LogP contribution in [0.5, 0.6) is 0 Å². The van der Waals surface area contributed by atoms with E-state index in [0.717, 1.165) is 25.7 Å². The summed E-state index contributed by atoms with van der Waals surface area (Å²) in [6, 6.07) is 0. The summed E-state index contributed by atoms with van der Waals surface area (Å²) < 4.78 is 0. The van der Waals surface area contributed by atoms with Gasteiger partial charge in [0.15, 0.2) is 0 Å². The third-order valence-electron chi connectivity index (χ3n) is 9.63. The molecule has 2 fully saturated rings. The molecule has 2 saturated carbocycles. The molecule has 0 aromatic carbocycles. The first kappa shape index (κ1) is 27.8. The molecule has 35 heavy (non-hydrogen) atoms. The quantitative estimate of drug-likeness (QED) is 0.315. The average molecular weight is 523 g/mol. The number of hydrogen-bond acceptors (Lipinski definition) is 6. The fraction of sp³-hybridized carbons (Fsp3) is 0.793. The molecule has 198 valence electrons. The van der Waals surface area contributed by atoms with Gasteiger partial charge in [0.05, 0.1) is 24.4 Å². The zero-order valence-corrected chi connectivity index (χ0v) is 23.9. The lowest BCUT2D eigenvalue weighted by atomic mass is 9.50. The van der Waals surface area contributed by atoms with Crippen molar-refractivity contribution >= 4 is 23.5 Å². The minimum absolute atomic E-state index is 0.0349. The van der Waals surface area contributed by atoms with Gasteiger partial charge in [-0.15, -0.1) is 0 Å². The molecule has 4 N–H and O–H groups in total. The second kappa shape index (κ2) is 10.1. The number of allylic oxidation sites excluding steroid dienone is 6. The predicted octanol–water partition coefficient (Wildman–Crippen LogP) is 5.12. The van der Waals surface area contributed by atoms with Gasteiger partial charge in [0, 0.05) is 27.4 Å². The third kappa shape index (κ3) is 5.09. The van der Waals surface area contributed by atoms with Crippen LogP contribution in [0.2, 0.25) is 0 Å². The van der Waals surface area contributed by atoms with Crippen LogP contribution in [0.4, 0.5) is 0 Å². The van der Waals surface area contributed by atoms with Crippen LogP contribution in [-0.2, 0) is 0 Å². The maximum absolute atomic E-state index is 10.6. The smallest absolute Gasteiger partial charge is 0.0939 e. The highest BCUT2D eigenvalue weighted by molar-refractivity contribution is 8.00. The van der Waals surface area contributed by atoms with Crippen molar-refractivity contribution in [3.63, 3.8) is 0 Å². The minimum atomic E-state index is -1.09. The highest BCUT2D eigenvalue weighted by Gasteiger charge is 2.57. The van der Waals surface area contributed by atoms with Gasteiger partial charge in [-0.25, -0.2) is 0 Å². The van der Waals surface area contributed by atoms with Gasteiger partial charge in [0.25, 0.3) is 0 Å². The first-order chi connectivity index (χ1) is 16.4. The Kier molecular flexibility index (Phi) is 8.05. The first-order valence-electron chi connectivity index (χ1n) is 13.4. The molecule has 6 heteroatoms. The van der Waals surface area contributed by atoms with Crippen molar-refractivity contribution in [1.29, 1.82) is 0 Å². The number of fused-ring (bicyclic) bond motifs is 5. The summed E-state index contributed by atoms with van der Waals surface area (Å²) in [4.78, 5) is 0. The third-order valence-corrected chi connectivity index (χ3v) is 13.1. The lowest BCUT2D eigenvalue weighted by Crippen LogP contribution is -2.51. The van der Waals surface area contributed by atoms with Gasteiger partial charge >= 0.3 is 0 Å². The summed E-state index contributed by atoms with van der Waals surface area (Å²) in [6.07, 6.45) is 14.2. The Bertz CT molecular complexity index is 891. The summed E-state index contributed by atoms with van der Waals surface area (Å²) in [5, 5.41) is 40.9. The molecule has 4 unspecified atom stereocenters. The molecule has 0 aromatic rings. The highest BCUT2D eigenvalue weighted by atomic mass is 32.2. The van der Waals surface area contributed by atoms with Crippen LogP contribution in [0.1, 0.15) is 73.1 Å². The van der Waals surface area contributed by atoms with Crippen molar-refractivity contribution in [2.24, 2.45) is 22.7 Å². The number of aliphatic hydroxyl groups is 4. The van der Waals surface area contributed by atoms with Crippen LogP contribution in [-0.4, -0.2) is 66.8 Å². The van der Waals surface area contributed by atoms with Crippen LogP contribution < -0.4 is 0 Å². The summed E-state index contributed by atoms with van der Waals surface area (Å²) in [5.41, 5.74) is 2.96. The summed E-state index contributed by atoms with van der Waals surface area (Å²) in [7, 11) is 0. The van der Waals surface area contributed by atoms with E-state index in [-0.39, 0.29) is 18.6 Å². The maximum atomic E-state index is 10.6. The Labute approximate surface area is 220 Å². The molecule has 0 bridgehead atoms. The van der Waals surface area contributed by atoms with Crippen molar-refractivity contribution in [3.05, 3.63) is 34.9 Å². The van der Waals surface area contributed by atoms with E-state index in [4.69, 9.17) is 0 Å². The lowest BCUT2D eigenvalue weighted by Gasteiger charge is -2.57. The van der Waals surface area contributed by atoms with Gasteiger partial charge in [0.2, 0.25) is 0 Å². The van der Waals surface area contributed by atoms with E-state index in [2.05, 4.69) is 39.0 Å². The van der Waals surface area contributed by atoms with Crippen molar-refractivity contribution in [1.82, 2.24) is 0 Å². The second-order valence-corrected chi connectivity index (χ2v) is 15.0. The summed E-state index contributed by atoms with van der Waals surface area (Å²) in [6.45, 7) is 10.2. The van der Waals surface area contributed by atoms with E-state index in [1.165, 1.54) is 18.4 Å². The molecule has 0 radical (unpaired) electrons. The zero-order valence-electron chi connectivity index (χ0n) is 22.2. The largest absolute Gasteiger partial charge is 0.393 e. The summed E-state index contributed by atoms with van der Waals surface area (Å²) in [5.74, 6) is 2.15. The molecule has 4 rings (SSSR count). The number of hydrogen-bond donors (Lipinski definition) is 4. The monoisotopic (exact) mass is 522 g/mol. The Morgan fingerprint density at radius 3 is 2.29 bits per heavy atom. The molecule has 0 spiro atoms. The SMILES string of the molecule is CCC1=CC[C@H]2C3=CC=C4CC(SCC(C)(O)CO)CC(SCC(C)(O)CO)[C@]4(C)[C@H]3CC[C@]12C. The van der Waals surface area contributed by atoms with E-state index >= 15 is 0 Å². The van der Waals surface area contributed by atoms with Gasteiger partial charge in [-0.05, 0) is 69.6 Å². The van der Waals surface area contributed by atoms with Crippen molar-refractivity contribution in [3.8, 4) is 0 Å². The molecular weight excluding hydrogens is 476 g/mol. The summed E-state index contributed by atoms with van der Waals surface area (Å²) >= 11 is 3.59. The van der Waals surface area contributed by atoms with E-state index in [1.54, 1.807) is 36.8 Å². The molecule has 0 aliphatic heterocycles. The van der Waals surface area contributed by atoms with Crippen molar-refractivity contribution < 1.29 is 20.4 Å². The van der Waals surface area contributed by atoms with Gasteiger partial charge in [-0.2, -0.15) is 23.5 Å². The van der Waals surface area contributed by atoms with Crippen LogP contribution in [0.3, 0.4) is 0 Å². The maximum Gasteiger partial charge on any atom is 0.0939 e. The average Bonchev–Trinajstić information content (AvgIpc) is 3.17. The minimum Gasteiger partial charge on any atom is -0.393 e. The molecule has 0 heterocycles. The molecule has 4 aliphatic rings. The van der Waals surface area contributed by atoms with E-state index in [0.29, 0.717) is 39.3 Å². The Hall–Kier alpha value is -0.240. The molecule has 8 atom stereocenters. The highest BCUT2D eigenvalue weighted by Crippen LogP contribution is 2.65. The second-order valence-electron chi connectivity index (χ2n) is 12.5. The molecular formula is C29H46O4S2. The van der Waals surface area contributed by atoms with Crippen molar-refractivity contribution in [2.45, 2.75) is 94.8 Å². The Morgan fingerprint density at radius 2 is 1.66 bits per heavy atom. The van der Waals surface area contributed by atoms with Crippen LogP contribution in [0, 0.1) is 22.7 Å². The van der Waals surface area contributed by atoms with Crippen LogP contribution >= 0.6 is 23.5 Å². The van der Waals surface area contributed by atoms with E-state index in [9.17, 15) is 20.4 Å². The number of thioether (sulfide) groups is 2. The van der Waals surface area contributed by atoms with E-state index in [1.807, 2.05) is 11.8 Å². The molecule has 0 amide bonds. The molecule has 0 aromatic heterocycles.